The second-order valence-electron chi connectivity index (χ2n) is 5.22. The van der Waals surface area contributed by atoms with Gasteiger partial charge in [-0.3, -0.25) is 10.1 Å². The summed E-state index contributed by atoms with van der Waals surface area (Å²) in [4.78, 5) is 10.6. The van der Waals surface area contributed by atoms with E-state index in [1.54, 1.807) is 12.1 Å². The number of para-hydroxylation sites is 1. The molecule has 0 fully saturated rings. The summed E-state index contributed by atoms with van der Waals surface area (Å²) in [6.07, 6.45) is 0.646. The number of hydrogen-bond acceptors (Lipinski definition) is 3. The number of aryl methyl sites for hydroxylation is 1. The molecule has 0 bridgehead atoms. The fourth-order valence-corrected chi connectivity index (χ4v) is 2.30. The first-order chi connectivity index (χ1) is 10.1. The Hall–Kier alpha value is -2.20. The van der Waals surface area contributed by atoms with Gasteiger partial charge in [0.15, 0.2) is 0 Å². The Morgan fingerprint density at radius 3 is 2.48 bits per heavy atom. The van der Waals surface area contributed by atoms with Gasteiger partial charge in [0.1, 0.15) is 0 Å². The molecular weight excluding hydrogens is 264 g/mol. The van der Waals surface area contributed by atoms with Crippen LogP contribution in [0.2, 0.25) is 0 Å². The van der Waals surface area contributed by atoms with Crippen LogP contribution in [0.15, 0.2) is 48.5 Å². The summed E-state index contributed by atoms with van der Waals surface area (Å²) in [5.74, 6) is 0. The summed E-state index contributed by atoms with van der Waals surface area (Å²) >= 11 is 0. The summed E-state index contributed by atoms with van der Waals surface area (Å²) in [7, 11) is 0. The Balaban J connectivity index is 1.92. The molecule has 0 aromatic heterocycles. The van der Waals surface area contributed by atoms with Gasteiger partial charge in [0, 0.05) is 17.7 Å². The minimum absolute atomic E-state index is 0.197. The van der Waals surface area contributed by atoms with E-state index in [2.05, 4.69) is 43.4 Å². The molecule has 4 nitrogen and oxygen atoms in total. The second-order valence-corrected chi connectivity index (χ2v) is 5.22. The van der Waals surface area contributed by atoms with Gasteiger partial charge in [0.05, 0.1) is 4.92 Å². The molecule has 2 aromatic carbocycles. The van der Waals surface area contributed by atoms with Gasteiger partial charge in [-0.2, -0.15) is 0 Å². The maximum Gasteiger partial charge on any atom is 0.272 e. The quantitative estimate of drug-likeness (QED) is 0.648. The number of hydrogen-bond donors (Lipinski definition) is 1. The summed E-state index contributed by atoms with van der Waals surface area (Å²) in [6.45, 7) is 4.88. The molecule has 0 saturated heterocycles. The highest BCUT2D eigenvalue weighted by atomic mass is 16.6. The van der Waals surface area contributed by atoms with E-state index in [-0.39, 0.29) is 16.7 Å². The highest BCUT2D eigenvalue weighted by molar-refractivity contribution is 5.39. The van der Waals surface area contributed by atoms with Gasteiger partial charge in [-0.15, -0.1) is 0 Å². The maximum atomic E-state index is 11.0. The molecule has 110 valence electrons. The van der Waals surface area contributed by atoms with Crippen molar-refractivity contribution in [2.45, 2.75) is 26.3 Å². The first kappa shape index (κ1) is 15.2. The van der Waals surface area contributed by atoms with Crippen molar-refractivity contribution in [2.75, 3.05) is 6.54 Å². The zero-order valence-electron chi connectivity index (χ0n) is 12.4. The topological polar surface area (TPSA) is 55.2 Å². The maximum absolute atomic E-state index is 11.0. The van der Waals surface area contributed by atoms with E-state index in [1.807, 2.05) is 12.1 Å². The third-order valence-electron chi connectivity index (χ3n) is 3.61. The van der Waals surface area contributed by atoms with E-state index in [1.165, 1.54) is 11.1 Å². The zero-order chi connectivity index (χ0) is 15.2. The van der Waals surface area contributed by atoms with Crippen LogP contribution in [0.5, 0.6) is 0 Å². The molecule has 0 saturated carbocycles. The molecule has 2 aromatic rings. The number of nitrogens with one attached hydrogen (secondary N) is 1. The molecule has 1 N–H and O–H groups in total. The van der Waals surface area contributed by atoms with Gasteiger partial charge in [-0.25, -0.2) is 0 Å². The third-order valence-corrected chi connectivity index (χ3v) is 3.61. The minimum Gasteiger partial charge on any atom is -0.310 e. The molecule has 0 radical (unpaired) electrons. The monoisotopic (exact) mass is 284 g/mol. The van der Waals surface area contributed by atoms with Crippen LogP contribution in [0.25, 0.3) is 0 Å². The lowest BCUT2D eigenvalue weighted by atomic mass is 10.1. The number of benzene rings is 2. The van der Waals surface area contributed by atoms with Gasteiger partial charge in [0.2, 0.25) is 0 Å². The largest absolute Gasteiger partial charge is 0.310 e. The lowest BCUT2D eigenvalue weighted by molar-refractivity contribution is -0.385. The predicted octanol–water partition coefficient (Wildman–Crippen LogP) is 3.80. The van der Waals surface area contributed by atoms with Crippen molar-refractivity contribution in [2.24, 2.45) is 0 Å². The highest BCUT2D eigenvalue weighted by Crippen LogP contribution is 2.18. The molecule has 1 atom stereocenters. The lowest BCUT2D eigenvalue weighted by Crippen LogP contribution is -2.21. The molecule has 0 amide bonds. The van der Waals surface area contributed by atoms with Crippen LogP contribution in [0.4, 0.5) is 5.69 Å². The number of nitro groups is 1. The summed E-state index contributed by atoms with van der Waals surface area (Å²) in [6, 6.07) is 15.5. The van der Waals surface area contributed by atoms with Gasteiger partial charge in [0.25, 0.3) is 5.69 Å². The van der Waals surface area contributed by atoms with Gasteiger partial charge in [-0.05, 0) is 32.4 Å². The van der Waals surface area contributed by atoms with Crippen LogP contribution < -0.4 is 5.32 Å². The van der Waals surface area contributed by atoms with Crippen molar-refractivity contribution in [3.63, 3.8) is 0 Å². The highest BCUT2D eigenvalue weighted by Gasteiger charge is 2.12. The van der Waals surface area contributed by atoms with E-state index in [9.17, 15) is 10.1 Å². The fourth-order valence-electron chi connectivity index (χ4n) is 2.30. The second kappa shape index (κ2) is 6.99. The standard InChI is InChI=1S/C17H20N2O2/c1-13-7-9-15(10-8-13)14(2)18-12-11-16-5-3-4-6-17(16)19(20)21/h3-10,14,18H,11-12H2,1-2H3. The van der Waals surface area contributed by atoms with Crippen LogP contribution in [0.1, 0.15) is 29.7 Å². The van der Waals surface area contributed by atoms with Crippen LogP contribution >= 0.6 is 0 Å². The van der Waals surface area contributed by atoms with Crippen molar-refractivity contribution < 1.29 is 4.92 Å². The SMILES string of the molecule is Cc1ccc(C(C)NCCc2ccccc2[N+](=O)[O-])cc1. The molecule has 0 aliphatic heterocycles. The number of nitrogens with zero attached hydrogens (tertiary/aromatic N) is 1. The lowest BCUT2D eigenvalue weighted by Gasteiger charge is -2.14. The molecular formula is C17H20N2O2. The molecule has 0 aliphatic rings. The summed E-state index contributed by atoms with van der Waals surface area (Å²) in [5.41, 5.74) is 3.43. The first-order valence-corrected chi connectivity index (χ1v) is 7.10. The average molecular weight is 284 g/mol. The number of nitro benzene ring substituents is 1. The van der Waals surface area contributed by atoms with Crippen molar-refractivity contribution in [3.8, 4) is 0 Å². The molecule has 0 heterocycles. The fraction of sp³-hybridized carbons (Fsp3) is 0.294. The molecule has 1 unspecified atom stereocenters. The predicted molar refractivity (Wildman–Crippen MR) is 84.4 cm³/mol. The molecule has 21 heavy (non-hydrogen) atoms. The molecule has 0 spiro atoms. The van der Waals surface area contributed by atoms with Crippen LogP contribution in [-0.2, 0) is 6.42 Å². The summed E-state index contributed by atoms with van der Waals surface area (Å²) < 4.78 is 0. The van der Waals surface area contributed by atoms with E-state index >= 15 is 0 Å². The van der Waals surface area contributed by atoms with Gasteiger partial charge < -0.3 is 5.32 Å². The molecule has 2 rings (SSSR count). The van der Waals surface area contributed by atoms with Crippen LogP contribution in [0, 0.1) is 17.0 Å². The Morgan fingerprint density at radius 1 is 1.14 bits per heavy atom. The van der Waals surface area contributed by atoms with E-state index in [4.69, 9.17) is 0 Å². The van der Waals surface area contributed by atoms with Gasteiger partial charge in [-0.1, -0.05) is 48.0 Å². The average Bonchev–Trinajstić information content (AvgIpc) is 2.48. The van der Waals surface area contributed by atoms with Crippen LogP contribution in [0.3, 0.4) is 0 Å². The van der Waals surface area contributed by atoms with Gasteiger partial charge >= 0.3 is 0 Å². The van der Waals surface area contributed by atoms with Crippen molar-refractivity contribution in [1.82, 2.24) is 5.32 Å². The van der Waals surface area contributed by atoms with Crippen LogP contribution in [-0.4, -0.2) is 11.5 Å². The zero-order valence-corrected chi connectivity index (χ0v) is 12.4. The smallest absolute Gasteiger partial charge is 0.272 e. The van der Waals surface area contributed by atoms with Crippen molar-refractivity contribution in [3.05, 3.63) is 75.3 Å². The minimum atomic E-state index is -0.321. The summed E-state index contributed by atoms with van der Waals surface area (Å²) in [5, 5.41) is 14.4. The Labute approximate surface area is 125 Å². The van der Waals surface area contributed by atoms with E-state index in [0.29, 0.717) is 13.0 Å². The normalized spacial score (nSPS) is 12.1. The Kier molecular flexibility index (Phi) is 5.06. The van der Waals surface area contributed by atoms with E-state index < -0.39 is 0 Å². The number of rotatable bonds is 6. The van der Waals surface area contributed by atoms with E-state index in [0.717, 1.165) is 5.56 Å². The van der Waals surface area contributed by atoms with Crippen molar-refractivity contribution in [1.29, 1.82) is 0 Å². The molecule has 4 heteroatoms. The first-order valence-electron chi connectivity index (χ1n) is 7.10. The van der Waals surface area contributed by atoms with Crippen molar-refractivity contribution >= 4 is 5.69 Å². The molecule has 0 aliphatic carbocycles. The third kappa shape index (κ3) is 4.13. The Morgan fingerprint density at radius 2 is 1.81 bits per heavy atom. The Bertz CT molecular complexity index is 608.